The Balaban J connectivity index is 2.21. The lowest BCUT2D eigenvalue weighted by Gasteiger charge is -2.06. The number of benzene rings is 1. The number of thiazole rings is 1. The van der Waals surface area contributed by atoms with E-state index < -0.39 is 17.6 Å². The van der Waals surface area contributed by atoms with Crippen molar-refractivity contribution in [3.63, 3.8) is 0 Å². The number of halogens is 3. The molecule has 0 aliphatic carbocycles. The second-order valence-corrected chi connectivity index (χ2v) is 4.89. The summed E-state index contributed by atoms with van der Waals surface area (Å²) in [5.74, 6) is -2.19. The third-order valence-corrected chi connectivity index (χ3v) is 3.28. The molecule has 0 radical (unpaired) electrons. The molecular formula is C12H9ClF2N2O2S. The van der Waals surface area contributed by atoms with Gasteiger partial charge in [0, 0.05) is 11.4 Å². The van der Waals surface area contributed by atoms with Gasteiger partial charge in [-0.25, -0.2) is 18.6 Å². The van der Waals surface area contributed by atoms with Crippen LogP contribution in [-0.4, -0.2) is 17.6 Å². The molecule has 1 N–H and O–H groups in total. The summed E-state index contributed by atoms with van der Waals surface area (Å²) in [6.07, 6.45) is 0. The molecule has 1 aromatic heterocycles. The van der Waals surface area contributed by atoms with Gasteiger partial charge in [-0.3, -0.25) is 0 Å². The van der Waals surface area contributed by atoms with Gasteiger partial charge in [0.2, 0.25) is 0 Å². The predicted octanol–water partition coefficient (Wildman–Crippen LogP) is 4.00. The summed E-state index contributed by atoms with van der Waals surface area (Å²) >= 11 is 6.82. The van der Waals surface area contributed by atoms with Crippen LogP contribution in [0.25, 0.3) is 0 Å². The summed E-state index contributed by atoms with van der Waals surface area (Å²) < 4.78 is 31.3. The Morgan fingerprint density at radius 2 is 2.25 bits per heavy atom. The molecule has 0 saturated heterocycles. The van der Waals surface area contributed by atoms with Crippen molar-refractivity contribution in [1.29, 1.82) is 0 Å². The number of nitrogens with zero attached hydrogens (tertiary/aromatic N) is 1. The van der Waals surface area contributed by atoms with Gasteiger partial charge in [0.25, 0.3) is 0 Å². The van der Waals surface area contributed by atoms with E-state index in [1.807, 2.05) is 0 Å². The highest BCUT2D eigenvalue weighted by atomic mass is 35.5. The van der Waals surface area contributed by atoms with E-state index in [9.17, 15) is 13.6 Å². The minimum absolute atomic E-state index is 0.0992. The number of anilines is 2. The van der Waals surface area contributed by atoms with Crippen molar-refractivity contribution < 1.29 is 18.3 Å². The van der Waals surface area contributed by atoms with E-state index in [0.29, 0.717) is 6.07 Å². The number of aromatic nitrogens is 1. The largest absolute Gasteiger partial charge is 0.461 e. The molecular weight excluding hydrogens is 310 g/mol. The van der Waals surface area contributed by atoms with Gasteiger partial charge in [-0.05, 0) is 13.0 Å². The SMILES string of the molecule is CCOC(=O)c1csc(Nc2c(F)cc(F)cc2Cl)n1. The summed E-state index contributed by atoms with van der Waals surface area (Å²) in [6, 6.07) is 1.68. The monoisotopic (exact) mass is 318 g/mol. The number of rotatable bonds is 4. The molecule has 1 heterocycles. The molecule has 20 heavy (non-hydrogen) atoms. The van der Waals surface area contributed by atoms with Crippen LogP contribution in [0.4, 0.5) is 19.6 Å². The van der Waals surface area contributed by atoms with Crippen molar-refractivity contribution >= 4 is 39.7 Å². The maximum atomic E-state index is 13.6. The smallest absolute Gasteiger partial charge is 0.357 e. The third-order valence-electron chi connectivity index (χ3n) is 2.23. The summed E-state index contributed by atoms with van der Waals surface area (Å²) in [7, 11) is 0. The second-order valence-electron chi connectivity index (χ2n) is 3.63. The van der Waals surface area contributed by atoms with Crippen molar-refractivity contribution in [2.45, 2.75) is 6.92 Å². The van der Waals surface area contributed by atoms with Gasteiger partial charge in [-0.1, -0.05) is 11.6 Å². The normalized spacial score (nSPS) is 10.4. The van der Waals surface area contributed by atoms with Gasteiger partial charge < -0.3 is 10.1 Å². The molecule has 0 bridgehead atoms. The Morgan fingerprint density at radius 3 is 2.90 bits per heavy atom. The first-order chi connectivity index (χ1) is 9.51. The van der Waals surface area contributed by atoms with Crippen LogP contribution in [0.15, 0.2) is 17.5 Å². The van der Waals surface area contributed by atoms with E-state index in [1.54, 1.807) is 6.92 Å². The van der Waals surface area contributed by atoms with Crippen LogP contribution < -0.4 is 5.32 Å². The zero-order chi connectivity index (χ0) is 14.7. The van der Waals surface area contributed by atoms with Crippen molar-refractivity contribution in [2.75, 3.05) is 11.9 Å². The second kappa shape index (κ2) is 6.15. The fraction of sp³-hybridized carbons (Fsp3) is 0.167. The molecule has 0 amide bonds. The number of ether oxygens (including phenoxy) is 1. The fourth-order valence-corrected chi connectivity index (χ4v) is 2.32. The van der Waals surface area contributed by atoms with E-state index in [-0.39, 0.29) is 28.1 Å². The molecule has 0 saturated carbocycles. The average molecular weight is 319 g/mol. The lowest BCUT2D eigenvalue weighted by atomic mass is 10.3. The van der Waals surface area contributed by atoms with Crippen molar-refractivity contribution in [1.82, 2.24) is 4.98 Å². The first kappa shape index (κ1) is 14.7. The molecule has 0 unspecified atom stereocenters. The highest BCUT2D eigenvalue weighted by molar-refractivity contribution is 7.14. The first-order valence-corrected chi connectivity index (χ1v) is 6.81. The summed E-state index contributed by atoms with van der Waals surface area (Å²) in [5, 5.41) is 4.21. The van der Waals surface area contributed by atoms with E-state index in [0.717, 1.165) is 17.4 Å². The molecule has 0 aliphatic heterocycles. The van der Waals surface area contributed by atoms with Gasteiger partial charge in [-0.2, -0.15) is 0 Å². The average Bonchev–Trinajstić information content (AvgIpc) is 2.82. The highest BCUT2D eigenvalue weighted by Gasteiger charge is 2.15. The number of hydrogen-bond donors (Lipinski definition) is 1. The zero-order valence-corrected chi connectivity index (χ0v) is 11.8. The molecule has 8 heteroatoms. The number of carbonyl (C=O) groups excluding carboxylic acids is 1. The van der Waals surface area contributed by atoms with Gasteiger partial charge in [0.05, 0.1) is 17.3 Å². The first-order valence-electron chi connectivity index (χ1n) is 5.55. The molecule has 0 atom stereocenters. The number of nitrogens with one attached hydrogen (secondary N) is 1. The molecule has 2 rings (SSSR count). The molecule has 0 fully saturated rings. The van der Waals surface area contributed by atoms with Crippen LogP contribution in [0.2, 0.25) is 5.02 Å². The maximum absolute atomic E-state index is 13.6. The van der Waals surface area contributed by atoms with Crippen molar-refractivity contribution in [3.05, 3.63) is 39.9 Å². The maximum Gasteiger partial charge on any atom is 0.357 e. The van der Waals surface area contributed by atoms with Crippen molar-refractivity contribution in [3.8, 4) is 0 Å². The van der Waals surface area contributed by atoms with Gasteiger partial charge in [0.15, 0.2) is 16.6 Å². The summed E-state index contributed by atoms with van der Waals surface area (Å²) in [6.45, 7) is 1.91. The van der Waals surface area contributed by atoms with Crippen LogP contribution in [-0.2, 0) is 4.74 Å². The standard InChI is InChI=1S/C12H9ClF2N2O2S/c1-2-19-11(18)9-5-20-12(16-9)17-10-7(13)3-6(14)4-8(10)15/h3-5H,2H2,1H3,(H,16,17). The summed E-state index contributed by atoms with van der Waals surface area (Å²) in [5.41, 5.74) is 0.0100. The lowest BCUT2D eigenvalue weighted by molar-refractivity contribution is 0.0520. The number of esters is 1. The van der Waals surface area contributed by atoms with E-state index in [4.69, 9.17) is 16.3 Å². The molecule has 1 aromatic carbocycles. The number of carbonyl (C=O) groups is 1. The Kier molecular flexibility index (Phi) is 4.51. The minimum Gasteiger partial charge on any atom is -0.461 e. The molecule has 0 spiro atoms. The van der Waals surface area contributed by atoms with Crippen LogP contribution >= 0.6 is 22.9 Å². The highest BCUT2D eigenvalue weighted by Crippen LogP contribution is 2.30. The van der Waals surface area contributed by atoms with Crippen LogP contribution in [0.5, 0.6) is 0 Å². The van der Waals surface area contributed by atoms with E-state index >= 15 is 0 Å². The van der Waals surface area contributed by atoms with Gasteiger partial charge in [-0.15, -0.1) is 11.3 Å². The van der Waals surface area contributed by atoms with Crippen LogP contribution in [0, 0.1) is 11.6 Å². The zero-order valence-electron chi connectivity index (χ0n) is 10.2. The summed E-state index contributed by atoms with van der Waals surface area (Å²) in [4.78, 5) is 15.4. The molecule has 106 valence electrons. The fourth-order valence-electron chi connectivity index (χ4n) is 1.40. The quantitative estimate of drug-likeness (QED) is 0.866. The van der Waals surface area contributed by atoms with Crippen molar-refractivity contribution in [2.24, 2.45) is 0 Å². The molecule has 4 nitrogen and oxygen atoms in total. The van der Waals surface area contributed by atoms with E-state index in [2.05, 4.69) is 10.3 Å². The third kappa shape index (κ3) is 3.23. The Hall–Kier alpha value is -1.73. The lowest BCUT2D eigenvalue weighted by Crippen LogP contribution is -2.05. The van der Waals surface area contributed by atoms with Crippen LogP contribution in [0.3, 0.4) is 0 Å². The predicted molar refractivity (Wildman–Crippen MR) is 72.7 cm³/mol. The van der Waals surface area contributed by atoms with E-state index in [1.165, 1.54) is 5.38 Å². The Bertz CT molecular complexity index is 625. The van der Waals surface area contributed by atoms with Crippen LogP contribution in [0.1, 0.15) is 17.4 Å². The number of hydrogen-bond acceptors (Lipinski definition) is 5. The van der Waals surface area contributed by atoms with Gasteiger partial charge in [0.1, 0.15) is 5.82 Å². The molecule has 0 aliphatic rings. The molecule has 2 aromatic rings. The Labute approximate surface area is 122 Å². The Morgan fingerprint density at radius 1 is 1.50 bits per heavy atom. The minimum atomic E-state index is -0.845. The van der Waals surface area contributed by atoms with Gasteiger partial charge >= 0.3 is 5.97 Å². The topological polar surface area (TPSA) is 51.2 Å².